The minimum atomic E-state index is -0.247. The van der Waals surface area contributed by atoms with Crippen LogP contribution in [-0.4, -0.2) is 51.4 Å². The molecule has 1 fully saturated rings. The van der Waals surface area contributed by atoms with Crippen LogP contribution in [0.3, 0.4) is 0 Å². The molecule has 0 saturated carbocycles. The Labute approximate surface area is 145 Å². The molecular formula is C17H20N4O2S. The first kappa shape index (κ1) is 15.7. The molecule has 0 radical (unpaired) electrons. The first-order chi connectivity index (χ1) is 11.8. The van der Waals surface area contributed by atoms with E-state index in [0.717, 1.165) is 23.6 Å². The molecule has 1 N–H and O–H groups in total. The Morgan fingerprint density at radius 2 is 2.33 bits per heavy atom. The lowest BCUT2D eigenvalue weighted by Crippen LogP contribution is -2.44. The van der Waals surface area contributed by atoms with Gasteiger partial charge < -0.3 is 9.64 Å². The van der Waals surface area contributed by atoms with Crippen LogP contribution >= 0.6 is 11.8 Å². The van der Waals surface area contributed by atoms with Crippen molar-refractivity contribution in [3.63, 3.8) is 0 Å². The number of aryl methyl sites for hydroxylation is 1. The van der Waals surface area contributed by atoms with Gasteiger partial charge in [0.05, 0.1) is 19.1 Å². The summed E-state index contributed by atoms with van der Waals surface area (Å²) in [5, 5.41) is 7.15. The molecule has 4 rings (SSSR count). The van der Waals surface area contributed by atoms with Gasteiger partial charge in [-0.15, -0.1) is 11.8 Å². The first-order valence-electron chi connectivity index (χ1n) is 8.29. The molecule has 2 unspecified atom stereocenters. The van der Waals surface area contributed by atoms with Gasteiger partial charge in [-0.05, 0) is 11.6 Å². The number of nitrogens with one attached hydrogen (secondary N) is 1. The molecule has 0 spiro atoms. The Morgan fingerprint density at radius 3 is 3.17 bits per heavy atom. The summed E-state index contributed by atoms with van der Waals surface area (Å²) in [6, 6.07) is 8.19. The number of aromatic amines is 1. The van der Waals surface area contributed by atoms with E-state index in [4.69, 9.17) is 4.74 Å². The molecule has 0 aliphatic carbocycles. The number of amides is 1. The highest BCUT2D eigenvalue weighted by Gasteiger charge is 2.35. The molecule has 2 atom stereocenters. The molecule has 0 bridgehead atoms. The second kappa shape index (κ2) is 6.57. The van der Waals surface area contributed by atoms with E-state index in [1.165, 1.54) is 4.90 Å². The summed E-state index contributed by atoms with van der Waals surface area (Å²) in [6.45, 7) is 3.69. The number of morpholine rings is 1. The second-order valence-electron chi connectivity index (χ2n) is 6.04. The van der Waals surface area contributed by atoms with Crippen molar-refractivity contribution in [3.05, 3.63) is 41.5 Å². The van der Waals surface area contributed by atoms with E-state index in [2.05, 4.69) is 27.3 Å². The van der Waals surface area contributed by atoms with Crippen LogP contribution in [0.2, 0.25) is 0 Å². The Balaban J connectivity index is 1.49. The van der Waals surface area contributed by atoms with Gasteiger partial charge in [0.15, 0.2) is 5.82 Å². The minimum absolute atomic E-state index is 0.0525. The Hall–Kier alpha value is -1.86. The average Bonchev–Trinajstić information content (AvgIpc) is 3.28. The summed E-state index contributed by atoms with van der Waals surface area (Å²) in [7, 11) is 0. The Bertz CT molecular complexity index is 748. The maximum absolute atomic E-state index is 13.0. The summed E-state index contributed by atoms with van der Waals surface area (Å²) in [6.07, 6.45) is 0.557. The molecular weight excluding hydrogens is 324 g/mol. The van der Waals surface area contributed by atoms with Crippen LogP contribution in [0.25, 0.3) is 0 Å². The molecule has 3 heterocycles. The normalized spacial score (nSPS) is 23.3. The number of rotatable bonds is 3. The number of thioether (sulfide) groups is 1. The van der Waals surface area contributed by atoms with E-state index >= 15 is 0 Å². The second-order valence-corrected chi connectivity index (χ2v) is 7.10. The molecule has 2 aliphatic rings. The lowest BCUT2D eigenvalue weighted by Gasteiger charge is -2.33. The highest BCUT2D eigenvalue weighted by Crippen LogP contribution is 2.40. The van der Waals surface area contributed by atoms with Crippen molar-refractivity contribution in [1.82, 2.24) is 20.1 Å². The first-order valence-corrected chi connectivity index (χ1v) is 9.28. The number of hydrogen-bond acceptors (Lipinski definition) is 5. The molecule has 126 valence electrons. The molecule has 2 aromatic rings. The van der Waals surface area contributed by atoms with Crippen molar-refractivity contribution >= 4 is 17.7 Å². The molecule has 1 saturated heterocycles. The predicted octanol–water partition coefficient (Wildman–Crippen LogP) is 2.16. The van der Waals surface area contributed by atoms with Crippen LogP contribution in [0.4, 0.5) is 0 Å². The SMILES string of the molecule is CCc1nc(C2CN(C(=O)C3CSc4ccccc43)CCO2)n[nH]1. The van der Waals surface area contributed by atoms with Crippen molar-refractivity contribution in [3.8, 4) is 0 Å². The highest BCUT2D eigenvalue weighted by atomic mass is 32.2. The monoisotopic (exact) mass is 344 g/mol. The van der Waals surface area contributed by atoms with E-state index in [-0.39, 0.29) is 17.9 Å². The van der Waals surface area contributed by atoms with Gasteiger partial charge in [0, 0.05) is 23.6 Å². The number of carbonyl (C=O) groups excluding carboxylic acids is 1. The van der Waals surface area contributed by atoms with Gasteiger partial charge in [0.25, 0.3) is 0 Å². The van der Waals surface area contributed by atoms with Crippen molar-refractivity contribution in [2.75, 3.05) is 25.4 Å². The molecule has 1 amide bonds. The van der Waals surface area contributed by atoms with Crippen molar-refractivity contribution in [2.45, 2.75) is 30.3 Å². The lowest BCUT2D eigenvalue weighted by atomic mass is 9.99. The van der Waals surface area contributed by atoms with Gasteiger partial charge in [0.2, 0.25) is 5.91 Å². The number of aromatic nitrogens is 3. The van der Waals surface area contributed by atoms with E-state index in [9.17, 15) is 4.79 Å². The Kier molecular flexibility index (Phi) is 4.28. The Morgan fingerprint density at radius 1 is 1.46 bits per heavy atom. The van der Waals surface area contributed by atoms with Gasteiger partial charge in [-0.2, -0.15) is 5.10 Å². The molecule has 6 nitrogen and oxygen atoms in total. The fourth-order valence-corrected chi connectivity index (χ4v) is 4.43. The number of nitrogens with zero attached hydrogens (tertiary/aromatic N) is 3. The smallest absolute Gasteiger partial charge is 0.231 e. The van der Waals surface area contributed by atoms with Gasteiger partial charge in [-0.3, -0.25) is 9.89 Å². The number of benzene rings is 1. The van der Waals surface area contributed by atoms with Crippen LogP contribution in [0.5, 0.6) is 0 Å². The van der Waals surface area contributed by atoms with Crippen molar-refractivity contribution < 1.29 is 9.53 Å². The van der Waals surface area contributed by atoms with E-state index in [1.807, 2.05) is 24.0 Å². The quantitative estimate of drug-likeness (QED) is 0.924. The third kappa shape index (κ3) is 2.82. The maximum atomic E-state index is 13.0. The molecule has 1 aromatic carbocycles. The summed E-state index contributed by atoms with van der Waals surface area (Å²) in [4.78, 5) is 20.6. The van der Waals surface area contributed by atoms with E-state index in [1.54, 1.807) is 11.8 Å². The zero-order valence-corrected chi connectivity index (χ0v) is 14.4. The van der Waals surface area contributed by atoms with E-state index in [0.29, 0.717) is 25.5 Å². The average molecular weight is 344 g/mol. The van der Waals surface area contributed by atoms with Gasteiger partial charge >= 0.3 is 0 Å². The van der Waals surface area contributed by atoms with Crippen molar-refractivity contribution in [2.24, 2.45) is 0 Å². The van der Waals surface area contributed by atoms with Gasteiger partial charge in [0.1, 0.15) is 11.9 Å². The lowest BCUT2D eigenvalue weighted by molar-refractivity contribution is -0.140. The third-order valence-corrected chi connectivity index (χ3v) is 5.73. The number of H-pyrrole nitrogens is 1. The third-order valence-electron chi connectivity index (χ3n) is 4.55. The number of ether oxygens (including phenoxy) is 1. The summed E-state index contributed by atoms with van der Waals surface area (Å²) >= 11 is 1.76. The zero-order valence-electron chi connectivity index (χ0n) is 13.6. The van der Waals surface area contributed by atoms with Crippen LogP contribution in [0, 0.1) is 0 Å². The predicted molar refractivity (Wildman–Crippen MR) is 90.9 cm³/mol. The fourth-order valence-electron chi connectivity index (χ4n) is 3.21. The van der Waals surface area contributed by atoms with Crippen LogP contribution in [0.1, 0.15) is 36.2 Å². The summed E-state index contributed by atoms with van der Waals surface area (Å²) in [5.41, 5.74) is 1.15. The highest BCUT2D eigenvalue weighted by molar-refractivity contribution is 7.99. The zero-order chi connectivity index (χ0) is 16.5. The van der Waals surface area contributed by atoms with Crippen LogP contribution < -0.4 is 0 Å². The topological polar surface area (TPSA) is 71.1 Å². The number of carbonyl (C=O) groups is 1. The van der Waals surface area contributed by atoms with Crippen LogP contribution in [-0.2, 0) is 16.0 Å². The van der Waals surface area contributed by atoms with Gasteiger partial charge in [-0.25, -0.2) is 4.98 Å². The molecule has 1 aromatic heterocycles. The molecule has 24 heavy (non-hydrogen) atoms. The summed E-state index contributed by atoms with van der Waals surface area (Å²) in [5.74, 6) is 2.44. The van der Waals surface area contributed by atoms with Crippen molar-refractivity contribution in [1.29, 1.82) is 0 Å². The number of hydrogen-bond donors (Lipinski definition) is 1. The maximum Gasteiger partial charge on any atom is 0.231 e. The number of fused-ring (bicyclic) bond motifs is 1. The molecule has 7 heteroatoms. The fraction of sp³-hybridized carbons (Fsp3) is 0.471. The van der Waals surface area contributed by atoms with Gasteiger partial charge in [-0.1, -0.05) is 25.1 Å². The van der Waals surface area contributed by atoms with Crippen LogP contribution in [0.15, 0.2) is 29.2 Å². The minimum Gasteiger partial charge on any atom is -0.366 e. The van der Waals surface area contributed by atoms with E-state index < -0.39 is 0 Å². The largest absolute Gasteiger partial charge is 0.366 e. The molecule has 2 aliphatic heterocycles. The standard InChI is InChI=1S/C17H20N4O2S/c1-2-15-18-16(20-19-15)13-9-21(7-8-23-13)17(22)12-10-24-14-6-4-3-5-11(12)14/h3-6,12-13H,2,7-10H2,1H3,(H,18,19,20). The summed E-state index contributed by atoms with van der Waals surface area (Å²) < 4.78 is 5.79.